The zero-order valence-corrected chi connectivity index (χ0v) is 32.0. The van der Waals surface area contributed by atoms with Crippen molar-refractivity contribution >= 4 is 12.3 Å². The standard InChI is InChI=1S/C44H59NO9/c1-26(2)10-11-29-20-43(52)36(39(24-47)15-12-31(49)22-42(29,39)51)13-16-40-14-5-4-7-27-8-6-9-28(23-46)32(27)18-35(45-3)33-17-30(21-44(40,43)53)41(40,25-48)34-19-37(50)54-38(33)34/h6,8-9,19,24,26,29-31,33,35-36,38,45-46,48-49,51-53H,5,10-18,20-23,25H2,1-3H3. The van der Waals surface area contributed by atoms with E-state index in [0.717, 1.165) is 29.4 Å². The fraction of sp³-hybridized carbons (Fsp3) is 0.727. The van der Waals surface area contributed by atoms with Crippen molar-refractivity contribution in [2.45, 2.75) is 139 Å². The number of ether oxygens (including phenoxy) is 1. The molecule has 10 heteroatoms. The summed E-state index contributed by atoms with van der Waals surface area (Å²) in [5.41, 5.74) is -5.66. The lowest BCUT2D eigenvalue weighted by Crippen LogP contribution is -2.80. The molecule has 5 saturated carbocycles. The van der Waals surface area contributed by atoms with E-state index in [0.29, 0.717) is 56.9 Å². The Kier molecular flexibility index (Phi) is 9.37. The number of hydrogen-bond acceptors (Lipinski definition) is 10. The first-order valence-electron chi connectivity index (χ1n) is 20.5. The van der Waals surface area contributed by atoms with Gasteiger partial charge in [0.2, 0.25) is 0 Å². The summed E-state index contributed by atoms with van der Waals surface area (Å²) in [6.07, 6.45) is 5.27. The second-order valence-electron chi connectivity index (χ2n) is 18.7. The molecule has 10 nitrogen and oxygen atoms in total. The van der Waals surface area contributed by atoms with Crippen molar-refractivity contribution < 1.29 is 45.0 Å². The number of fused-ring (bicyclic) bond motifs is 7. The summed E-state index contributed by atoms with van der Waals surface area (Å²) < 4.78 is 6.19. The second-order valence-corrected chi connectivity index (χ2v) is 18.7. The number of esters is 1. The van der Waals surface area contributed by atoms with E-state index in [1.54, 1.807) is 0 Å². The third-order valence-corrected chi connectivity index (χ3v) is 16.6. The highest BCUT2D eigenvalue weighted by molar-refractivity contribution is 5.87. The molecule has 0 amide bonds. The molecule has 8 aliphatic rings. The van der Waals surface area contributed by atoms with Crippen molar-refractivity contribution in [3.8, 4) is 11.8 Å². The number of benzene rings is 1. The van der Waals surface area contributed by atoms with Crippen LogP contribution in [-0.2, 0) is 27.4 Å². The van der Waals surface area contributed by atoms with E-state index < -0.39 is 63.1 Å². The largest absolute Gasteiger partial charge is 0.454 e. The molecule has 54 heavy (non-hydrogen) atoms. The van der Waals surface area contributed by atoms with Gasteiger partial charge < -0.3 is 45.5 Å². The summed E-state index contributed by atoms with van der Waals surface area (Å²) >= 11 is 0. The lowest BCUT2D eigenvalue weighted by atomic mass is 9.35. The molecule has 13 unspecified atom stereocenters. The minimum Gasteiger partial charge on any atom is -0.454 e. The topological polar surface area (TPSA) is 177 Å². The third-order valence-electron chi connectivity index (χ3n) is 16.6. The lowest BCUT2D eigenvalue weighted by Gasteiger charge is -2.71. The van der Waals surface area contributed by atoms with Gasteiger partial charge in [0.15, 0.2) is 0 Å². The first kappa shape index (κ1) is 38.3. The van der Waals surface area contributed by atoms with Crippen LogP contribution in [-0.4, -0.2) is 91.6 Å². The number of likely N-dealkylation sites (N-methyl/N-ethyl adjacent to an activating group) is 1. The molecular weight excluding hydrogens is 686 g/mol. The first-order chi connectivity index (χ1) is 25.7. The third kappa shape index (κ3) is 4.79. The Bertz CT molecular complexity index is 1780. The van der Waals surface area contributed by atoms with Gasteiger partial charge in [-0.1, -0.05) is 44.2 Å². The van der Waals surface area contributed by atoms with E-state index in [9.17, 15) is 40.2 Å². The van der Waals surface area contributed by atoms with Crippen molar-refractivity contribution in [1.29, 1.82) is 0 Å². The average molecular weight is 746 g/mol. The highest BCUT2D eigenvalue weighted by Crippen LogP contribution is 2.80. The van der Waals surface area contributed by atoms with Crippen molar-refractivity contribution in [3.05, 3.63) is 46.5 Å². The van der Waals surface area contributed by atoms with Crippen LogP contribution in [0.2, 0.25) is 0 Å². The van der Waals surface area contributed by atoms with Gasteiger partial charge in [-0.2, -0.15) is 0 Å². The monoisotopic (exact) mass is 745 g/mol. The predicted molar refractivity (Wildman–Crippen MR) is 199 cm³/mol. The molecule has 7 aliphatic carbocycles. The maximum Gasteiger partial charge on any atom is 0.331 e. The van der Waals surface area contributed by atoms with Crippen molar-refractivity contribution in [3.63, 3.8) is 0 Å². The molecule has 0 saturated heterocycles. The molecule has 1 aromatic rings. The van der Waals surface area contributed by atoms with Crippen LogP contribution >= 0.6 is 0 Å². The van der Waals surface area contributed by atoms with E-state index in [4.69, 9.17) is 4.74 Å². The van der Waals surface area contributed by atoms with Gasteiger partial charge in [0.1, 0.15) is 18.0 Å². The van der Waals surface area contributed by atoms with E-state index in [1.807, 2.05) is 25.2 Å². The van der Waals surface area contributed by atoms with Gasteiger partial charge in [-0.25, -0.2) is 4.79 Å². The maximum atomic E-state index is 14.0. The maximum absolute atomic E-state index is 14.0. The molecule has 13 atom stereocenters. The Hall–Kier alpha value is -2.62. The highest BCUT2D eigenvalue weighted by Gasteiger charge is 2.85. The number of aliphatic hydroxyl groups is 6. The molecule has 1 aromatic carbocycles. The van der Waals surface area contributed by atoms with Gasteiger partial charge in [-0.15, -0.1) is 0 Å². The zero-order chi connectivity index (χ0) is 38.5. The van der Waals surface area contributed by atoms with Crippen LogP contribution in [0.3, 0.4) is 0 Å². The molecule has 9 rings (SSSR count). The smallest absolute Gasteiger partial charge is 0.331 e. The number of nitrogens with one attached hydrogen (secondary N) is 1. The van der Waals surface area contributed by atoms with E-state index in [1.165, 1.54) is 6.08 Å². The van der Waals surface area contributed by atoms with E-state index in [2.05, 4.69) is 31.0 Å². The summed E-state index contributed by atoms with van der Waals surface area (Å²) in [6, 6.07) is 5.52. The van der Waals surface area contributed by atoms with Gasteiger partial charge >= 0.3 is 5.97 Å². The van der Waals surface area contributed by atoms with Gasteiger partial charge in [-0.05, 0) is 112 Å². The van der Waals surface area contributed by atoms with Crippen LogP contribution in [0.5, 0.6) is 0 Å². The SMILES string of the molecule is CNC1Cc2c(cccc2CO)C#CCCC23CCC4C(O)(CC(CCC(C)C)C5(O)CC(O)CCC45C=O)C2(O)CC2CC1C1OC(=O)C=C1C23CO. The van der Waals surface area contributed by atoms with Crippen molar-refractivity contribution in [2.24, 2.45) is 45.8 Å². The fourth-order valence-corrected chi connectivity index (χ4v) is 14.3. The normalized spacial score (nSPS) is 46.2. The van der Waals surface area contributed by atoms with E-state index in [-0.39, 0.29) is 62.7 Å². The van der Waals surface area contributed by atoms with Gasteiger partial charge in [0.25, 0.3) is 0 Å². The molecule has 1 aliphatic heterocycles. The minimum atomic E-state index is -1.83. The molecule has 1 spiro atoms. The van der Waals surface area contributed by atoms with Crippen LogP contribution in [0.25, 0.3) is 0 Å². The average Bonchev–Trinajstić information content (AvgIpc) is 3.64. The molecule has 5 fully saturated rings. The Balaban J connectivity index is 1.35. The van der Waals surface area contributed by atoms with Crippen molar-refractivity contribution in [2.75, 3.05) is 13.7 Å². The van der Waals surface area contributed by atoms with Crippen molar-refractivity contribution in [1.82, 2.24) is 5.32 Å². The molecule has 0 radical (unpaired) electrons. The number of aldehydes is 1. The summed E-state index contributed by atoms with van der Waals surface area (Å²) in [5, 5.41) is 77.3. The van der Waals surface area contributed by atoms with Crippen LogP contribution in [0.15, 0.2) is 29.8 Å². The predicted octanol–water partition coefficient (Wildman–Crippen LogP) is 3.10. The number of carbonyl (C=O) groups is 2. The zero-order valence-electron chi connectivity index (χ0n) is 32.0. The van der Waals surface area contributed by atoms with Crippen LogP contribution in [0.4, 0.5) is 0 Å². The molecular formula is C44H59NO9. The van der Waals surface area contributed by atoms with Gasteiger partial charge in [0, 0.05) is 53.2 Å². The summed E-state index contributed by atoms with van der Waals surface area (Å²) in [7, 11) is 1.88. The van der Waals surface area contributed by atoms with Crippen LogP contribution < -0.4 is 5.32 Å². The first-order valence-corrected chi connectivity index (χ1v) is 20.5. The Labute approximate surface area is 318 Å². The molecule has 0 aromatic heterocycles. The second kappa shape index (κ2) is 13.2. The Morgan fingerprint density at radius 2 is 1.85 bits per heavy atom. The van der Waals surface area contributed by atoms with Gasteiger partial charge in [-0.3, -0.25) is 0 Å². The summed E-state index contributed by atoms with van der Waals surface area (Å²) in [6.45, 7) is 3.70. The highest BCUT2D eigenvalue weighted by atomic mass is 16.5. The number of carbonyl (C=O) groups excluding carboxylic acids is 2. The molecule has 7 N–H and O–H groups in total. The lowest BCUT2D eigenvalue weighted by molar-refractivity contribution is -0.339. The molecule has 294 valence electrons. The quantitative estimate of drug-likeness (QED) is 0.125. The van der Waals surface area contributed by atoms with Crippen LogP contribution in [0.1, 0.15) is 108 Å². The number of rotatable bonds is 7. The number of aliphatic hydroxyl groups excluding tert-OH is 3. The Morgan fingerprint density at radius 1 is 1.06 bits per heavy atom. The molecule has 1 heterocycles. The fourth-order valence-electron chi connectivity index (χ4n) is 14.3. The summed E-state index contributed by atoms with van der Waals surface area (Å²) in [5.74, 6) is 4.61. The molecule has 4 bridgehead atoms. The summed E-state index contributed by atoms with van der Waals surface area (Å²) in [4.78, 5) is 27.2. The minimum absolute atomic E-state index is 0.0457. The van der Waals surface area contributed by atoms with E-state index >= 15 is 0 Å². The Morgan fingerprint density at radius 3 is 2.56 bits per heavy atom. The van der Waals surface area contributed by atoms with Gasteiger partial charge in [0.05, 0.1) is 35.9 Å². The number of hydrogen-bond donors (Lipinski definition) is 7. The van der Waals surface area contributed by atoms with Crippen LogP contribution in [0, 0.1) is 57.7 Å².